The summed E-state index contributed by atoms with van der Waals surface area (Å²) in [6.07, 6.45) is 1.62. The topological polar surface area (TPSA) is 85.4 Å². The van der Waals surface area contributed by atoms with Crippen LogP contribution in [0.3, 0.4) is 0 Å². The number of hydrogen-bond donors (Lipinski definition) is 2. The Kier molecular flexibility index (Phi) is 6.45. The van der Waals surface area contributed by atoms with Gasteiger partial charge >= 0.3 is 0 Å². The molecule has 0 saturated heterocycles. The van der Waals surface area contributed by atoms with Crippen molar-refractivity contribution in [2.24, 2.45) is 0 Å². The molecule has 8 heteroatoms. The Labute approximate surface area is 190 Å². The van der Waals surface area contributed by atoms with Gasteiger partial charge in [-0.1, -0.05) is 0 Å². The van der Waals surface area contributed by atoms with Crippen molar-refractivity contribution in [3.63, 3.8) is 0 Å². The third kappa shape index (κ3) is 5.43. The van der Waals surface area contributed by atoms with Crippen LogP contribution in [-0.2, 0) is 0 Å². The Morgan fingerprint density at radius 1 is 0.848 bits per heavy atom. The molecule has 3 aromatic carbocycles. The average Bonchev–Trinajstić information content (AvgIpc) is 2.84. The smallest absolute Gasteiger partial charge is 0.255 e. The zero-order valence-corrected chi connectivity index (χ0v) is 18.0. The van der Waals surface area contributed by atoms with E-state index in [1.54, 1.807) is 81.1 Å². The van der Waals surface area contributed by atoms with E-state index >= 15 is 0 Å². The van der Waals surface area contributed by atoms with Gasteiger partial charge in [0.15, 0.2) is 5.82 Å². The molecule has 7 nitrogen and oxygen atoms in total. The highest BCUT2D eigenvalue weighted by Gasteiger charge is 2.09. The van der Waals surface area contributed by atoms with Crippen LogP contribution < -0.4 is 20.1 Å². The van der Waals surface area contributed by atoms with Crippen LogP contribution in [0.5, 0.6) is 11.5 Å². The number of halogens is 1. The first-order valence-corrected chi connectivity index (χ1v) is 10.0. The molecule has 0 aliphatic heterocycles. The third-order valence-electron chi connectivity index (χ3n) is 4.79. The molecule has 0 unspecified atom stereocenters. The normalized spacial score (nSPS) is 10.4. The van der Waals surface area contributed by atoms with E-state index in [-0.39, 0.29) is 11.7 Å². The molecule has 4 aromatic rings. The summed E-state index contributed by atoms with van der Waals surface area (Å²) >= 11 is 0. The maximum Gasteiger partial charge on any atom is 0.255 e. The molecule has 0 bridgehead atoms. The molecule has 33 heavy (non-hydrogen) atoms. The number of ether oxygens (including phenoxy) is 2. The number of hydrogen-bond acceptors (Lipinski definition) is 6. The fourth-order valence-electron chi connectivity index (χ4n) is 3.10. The van der Waals surface area contributed by atoms with Gasteiger partial charge in [-0.15, -0.1) is 0 Å². The molecule has 0 spiro atoms. The molecule has 166 valence electrons. The summed E-state index contributed by atoms with van der Waals surface area (Å²) in [6, 6.07) is 19.8. The SMILES string of the molecule is COc1cc(NC(=O)c2ccc(Nc3ccnc(-c4ccc(F)cc4)n3)cc2)cc(OC)c1. The van der Waals surface area contributed by atoms with Crippen molar-refractivity contribution in [1.29, 1.82) is 0 Å². The fourth-order valence-corrected chi connectivity index (χ4v) is 3.10. The van der Waals surface area contributed by atoms with Crippen LogP contribution in [0.2, 0.25) is 0 Å². The van der Waals surface area contributed by atoms with Crippen molar-refractivity contribution in [2.75, 3.05) is 24.9 Å². The van der Waals surface area contributed by atoms with Crippen LogP contribution in [0.4, 0.5) is 21.6 Å². The summed E-state index contributed by atoms with van der Waals surface area (Å²) < 4.78 is 23.6. The number of nitrogens with one attached hydrogen (secondary N) is 2. The van der Waals surface area contributed by atoms with Gasteiger partial charge < -0.3 is 20.1 Å². The largest absolute Gasteiger partial charge is 0.497 e. The van der Waals surface area contributed by atoms with Crippen LogP contribution in [0.1, 0.15) is 10.4 Å². The highest BCUT2D eigenvalue weighted by Crippen LogP contribution is 2.26. The van der Waals surface area contributed by atoms with Gasteiger partial charge in [-0.05, 0) is 54.6 Å². The predicted molar refractivity (Wildman–Crippen MR) is 125 cm³/mol. The average molecular weight is 444 g/mol. The van der Waals surface area contributed by atoms with E-state index in [2.05, 4.69) is 20.6 Å². The lowest BCUT2D eigenvalue weighted by Crippen LogP contribution is -2.12. The van der Waals surface area contributed by atoms with Crippen molar-refractivity contribution < 1.29 is 18.7 Å². The quantitative estimate of drug-likeness (QED) is 0.403. The summed E-state index contributed by atoms with van der Waals surface area (Å²) in [7, 11) is 3.10. The van der Waals surface area contributed by atoms with Gasteiger partial charge in [-0.3, -0.25) is 4.79 Å². The van der Waals surface area contributed by atoms with E-state index in [1.807, 2.05) is 0 Å². The summed E-state index contributed by atoms with van der Waals surface area (Å²) in [5, 5.41) is 6.02. The fraction of sp³-hybridized carbons (Fsp3) is 0.0800. The molecule has 0 saturated carbocycles. The molecule has 0 aliphatic rings. The number of carbonyl (C=O) groups is 1. The first kappa shape index (κ1) is 21.8. The second kappa shape index (κ2) is 9.78. The summed E-state index contributed by atoms with van der Waals surface area (Å²) in [6.45, 7) is 0. The molecule has 1 aromatic heterocycles. The summed E-state index contributed by atoms with van der Waals surface area (Å²) in [5.74, 6) is 1.62. The van der Waals surface area contributed by atoms with E-state index in [1.165, 1.54) is 12.1 Å². The van der Waals surface area contributed by atoms with Crippen LogP contribution in [0.15, 0.2) is 79.0 Å². The minimum Gasteiger partial charge on any atom is -0.497 e. The Morgan fingerprint density at radius 3 is 2.15 bits per heavy atom. The van der Waals surface area contributed by atoms with Gasteiger partial charge in [0.25, 0.3) is 5.91 Å². The van der Waals surface area contributed by atoms with Crippen molar-refractivity contribution in [2.45, 2.75) is 0 Å². The number of amides is 1. The lowest BCUT2D eigenvalue weighted by molar-refractivity contribution is 0.102. The molecule has 1 heterocycles. The minimum absolute atomic E-state index is 0.266. The van der Waals surface area contributed by atoms with Crippen LogP contribution in [0.25, 0.3) is 11.4 Å². The van der Waals surface area contributed by atoms with E-state index in [0.29, 0.717) is 40.0 Å². The maximum absolute atomic E-state index is 13.2. The maximum atomic E-state index is 13.2. The van der Waals surface area contributed by atoms with Gasteiger partial charge in [0.05, 0.1) is 14.2 Å². The lowest BCUT2D eigenvalue weighted by atomic mass is 10.2. The zero-order valence-electron chi connectivity index (χ0n) is 18.0. The Balaban J connectivity index is 1.45. The number of anilines is 3. The summed E-state index contributed by atoms with van der Waals surface area (Å²) in [4.78, 5) is 21.4. The zero-order chi connectivity index (χ0) is 23.2. The lowest BCUT2D eigenvalue weighted by Gasteiger charge is -2.11. The number of nitrogens with zero attached hydrogens (tertiary/aromatic N) is 2. The second-order valence-electron chi connectivity index (χ2n) is 7.03. The van der Waals surface area contributed by atoms with E-state index in [4.69, 9.17) is 9.47 Å². The molecule has 2 N–H and O–H groups in total. The first-order chi connectivity index (χ1) is 16.0. The Morgan fingerprint density at radius 2 is 1.52 bits per heavy atom. The van der Waals surface area contributed by atoms with Crippen molar-refractivity contribution >= 4 is 23.1 Å². The van der Waals surface area contributed by atoms with Crippen LogP contribution >= 0.6 is 0 Å². The van der Waals surface area contributed by atoms with Crippen LogP contribution in [-0.4, -0.2) is 30.1 Å². The van der Waals surface area contributed by atoms with Crippen molar-refractivity contribution in [3.8, 4) is 22.9 Å². The monoisotopic (exact) mass is 444 g/mol. The van der Waals surface area contributed by atoms with E-state index in [9.17, 15) is 9.18 Å². The molecule has 4 rings (SSSR count). The highest BCUT2D eigenvalue weighted by molar-refractivity contribution is 6.04. The third-order valence-corrected chi connectivity index (χ3v) is 4.79. The molecule has 0 aliphatic carbocycles. The standard InChI is InChI=1S/C25H21FN4O3/c1-32-21-13-20(14-22(15-21)33-2)29-25(31)17-5-9-19(10-6-17)28-23-11-12-27-24(30-23)16-3-7-18(26)8-4-16/h3-15H,1-2H3,(H,29,31)(H,27,28,30). The predicted octanol–water partition coefficient (Wildman–Crippen LogP) is 5.30. The number of methoxy groups -OCH3 is 2. The van der Waals surface area contributed by atoms with Gasteiger partial charge in [0.1, 0.15) is 23.1 Å². The Bertz CT molecular complexity index is 1240. The molecule has 0 radical (unpaired) electrons. The number of aromatic nitrogens is 2. The minimum atomic E-state index is -0.317. The van der Waals surface area contributed by atoms with E-state index < -0.39 is 0 Å². The number of benzene rings is 3. The number of rotatable bonds is 7. The molecule has 1 amide bonds. The first-order valence-electron chi connectivity index (χ1n) is 10.0. The number of carbonyl (C=O) groups excluding carboxylic acids is 1. The van der Waals surface area contributed by atoms with Gasteiger partial charge in [0, 0.05) is 46.9 Å². The summed E-state index contributed by atoms with van der Waals surface area (Å²) in [5.41, 5.74) is 2.50. The van der Waals surface area contributed by atoms with Gasteiger partial charge in [0.2, 0.25) is 0 Å². The van der Waals surface area contributed by atoms with Gasteiger partial charge in [-0.2, -0.15) is 0 Å². The molecule has 0 atom stereocenters. The molecular weight excluding hydrogens is 423 g/mol. The Hall–Kier alpha value is -4.46. The van der Waals surface area contributed by atoms with Gasteiger partial charge in [-0.25, -0.2) is 14.4 Å². The van der Waals surface area contributed by atoms with Crippen molar-refractivity contribution in [3.05, 3.63) is 90.4 Å². The second-order valence-corrected chi connectivity index (χ2v) is 7.03. The van der Waals surface area contributed by atoms with E-state index in [0.717, 1.165) is 5.69 Å². The van der Waals surface area contributed by atoms with Crippen molar-refractivity contribution in [1.82, 2.24) is 9.97 Å². The molecule has 0 fully saturated rings. The van der Waals surface area contributed by atoms with Crippen LogP contribution in [0, 0.1) is 5.82 Å². The molecular formula is C25H21FN4O3. The highest BCUT2D eigenvalue weighted by atomic mass is 19.1.